The van der Waals surface area contributed by atoms with Crippen molar-refractivity contribution < 1.29 is 9.59 Å². The Hall–Kier alpha value is -2.02. The minimum atomic E-state index is 0.0691. The Bertz CT molecular complexity index is 905. The number of likely N-dealkylation sites (tertiary alicyclic amines) is 1. The summed E-state index contributed by atoms with van der Waals surface area (Å²) in [6.45, 7) is 12.7. The number of carbonyl (C=O) groups is 2. The van der Waals surface area contributed by atoms with E-state index in [1.165, 1.54) is 18.2 Å². The van der Waals surface area contributed by atoms with Gasteiger partial charge in [0.25, 0.3) is 0 Å². The van der Waals surface area contributed by atoms with Crippen LogP contribution in [0.1, 0.15) is 60.8 Å². The monoisotopic (exact) mass is 444 g/mol. The van der Waals surface area contributed by atoms with Gasteiger partial charge in [-0.2, -0.15) is 0 Å². The van der Waals surface area contributed by atoms with Crippen LogP contribution in [0.4, 0.5) is 0 Å². The third-order valence-electron chi connectivity index (χ3n) is 6.12. The molecule has 1 aromatic carbocycles. The Balaban J connectivity index is 1.82. The highest BCUT2D eigenvalue weighted by atomic mass is 32.2. The van der Waals surface area contributed by atoms with E-state index in [4.69, 9.17) is 4.98 Å². The summed E-state index contributed by atoms with van der Waals surface area (Å²) in [4.78, 5) is 34.9. The molecule has 0 N–H and O–H groups in total. The van der Waals surface area contributed by atoms with E-state index in [-0.39, 0.29) is 42.5 Å². The largest absolute Gasteiger partial charge is 0.337 e. The van der Waals surface area contributed by atoms with Crippen LogP contribution in [-0.4, -0.2) is 61.1 Å². The average Bonchev–Trinajstić information content (AvgIpc) is 3.03. The van der Waals surface area contributed by atoms with Crippen LogP contribution in [0.15, 0.2) is 29.4 Å². The van der Waals surface area contributed by atoms with Crippen molar-refractivity contribution in [2.75, 3.05) is 5.75 Å². The molecule has 1 aliphatic heterocycles. The molecule has 2 heterocycles. The van der Waals surface area contributed by atoms with Gasteiger partial charge in [0, 0.05) is 24.2 Å². The molecular formula is C24H36N4O2S. The normalized spacial score (nSPS) is 19.4. The molecule has 31 heavy (non-hydrogen) atoms. The lowest BCUT2D eigenvalue weighted by Gasteiger charge is -2.39. The molecule has 0 bridgehead atoms. The molecule has 1 saturated heterocycles. The van der Waals surface area contributed by atoms with E-state index in [0.717, 1.165) is 29.0 Å². The van der Waals surface area contributed by atoms with E-state index in [1.807, 2.05) is 66.3 Å². The van der Waals surface area contributed by atoms with Crippen LogP contribution in [0, 0.1) is 0 Å². The second-order valence-corrected chi connectivity index (χ2v) is 10.1. The molecule has 2 atom stereocenters. The van der Waals surface area contributed by atoms with Crippen LogP contribution in [-0.2, 0) is 16.1 Å². The van der Waals surface area contributed by atoms with Crippen molar-refractivity contribution in [2.45, 2.75) is 96.7 Å². The van der Waals surface area contributed by atoms with E-state index < -0.39 is 0 Å². The summed E-state index contributed by atoms with van der Waals surface area (Å²) < 4.78 is 1.97. The molecule has 0 unspecified atom stereocenters. The number of benzene rings is 1. The van der Waals surface area contributed by atoms with Crippen molar-refractivity contribution in [1.29, 1.82) is 0 Å². The average molecular weight is 445 g/mol. The van der Waals surface area contributed by atoms with Crippen LogP contribution in [0.5, 0.6) is 0 Å². The van der Waals surface area contributed by atoms with Gasteiger partial charge in [-0.15, -0.1) is 0 Å². The molecule has 1 aromatic heterocycles. The van der Waals surface area contributed by atoms with Gasteiger partial charge in [0.2, 0.25) is 11.8 Å². The van der Waals surface area contributed by atoms with Gasteiger partial charge < -0.3 is 14.4 Å². The van der Waals surface area contributed by atoms with E-state index in [9.17, 15) is 9.59 Å². The predicted octanol–water partition coefficient (Wildman–Crippen LogP) is 4.56. The van der Waals surface area contributed by atoms with Crippen molar-refractivity contribution in [3.8, 4) is 0 Å². The zero-order valence-electron chi connectivity index (χ0n) is 19.7. The zero-order valence-corrected chi connectivity index (χ0v) is 20.5. The lowest BCUT2D eigenvalue weighted by molar-refractivity contribution is -0.135. The second kappa shape index (κ2) is 10.1. The fourth-order valence-electron chi connectivity index (χ4n) is 4.82. The molecular weight excluding hydrogens is 408 g/mol. The standard InChI is InChI=1S/C24H36N4O2S/c1-16(2)27(17(3)4)22(29)14-26-21-13-8-7-12-20(21)25-24(26)31-15-23(30)28-18(5)10-9-11-19(28)6/h7-8,12-13,16-19H,9-11,14-15H2,1-6H3/t18-,19-/m1/s1. The van der Waals surface area contributed by atoms with Crippen molar-refractivity contribution >= 4 is 34.6 Å². The molecule has 1 fully saturated rings. The molecule has 3 rings (SSSR count). The number of thioether (sulfide) groups is 1. The fraction of sp³-hybridized carbons (Fsp3) is 0.625. The highest BCUT2D eigenvalue weighted by Gasteiger charge is 2.29. The number of fused-ring (bicyclic) bond motifs is 1. The summed E-state index contributed by atoms with van der Waals surface area (Å²) in [5, 5.41) is 0.729. The molecule has 7 heteroatoms. The Kier molecular flexibility index (Phi) is 7.68. The molecule has 0 aliphatic carbocycles. The van der Waals surface area contributed by atoms with Crippen molar-refractivity contribution in [2.24, 2.45) is 0 Å². The molecule has 170 valence electrons. The maximum absolute atomic E-state index is 13.2. The molecule has 1 aliphatic rings. The van der Waals surface area contributed by atoms with Crippen LogP contribution in [0.25, 0.3) is 11.0 Å². The van der Waals surface area contributed by atoms with E-state index in [2.05, 4.69) is 13.8 Å². The third kappa shape index (κ3) is 5.25. The number of aromatic nitrogens is 2. The summed E-state index contributed by atoms with van der Waals surface area (Å²) in [7, 11) is 0. The van der Waals surface area contributed by atoms with Gasteiger partial charge in [-0.05, 0) is 72.9 Å². The first kappa shape index (κ1) is 23.6. The Morgan fingerprint density at radius 1 is 1.10 bits per heavy atom. The first-order valence-electron chi connectivity index (χ1n) is 11.4. The minimum Gasteiger partial charge on any atom is -0.337 e. The molecule has 2 aromatic rings. The Morgan fingerprint density at radius 3 is 2.32 bits per heavy atom. The predicted molar refractivity (Wildman–Crippen MR) is 127 cm³/mol. The molecule has 0 saturated carbocycles. The Morgan fingerprint density at radius 2 is 1.71 bits per heavy atom. The molecule has 6 nitrogen and oxygen atoms in total. The third-order valence-corrected chi connectivity index (χ3v) is 7.08. The summed E-state index contributed by atoms with van der Waals surface area (Å²) in [6.07, 6.45) is 3.31. The van der Waals surface area contributed by atoms with E-state index in [1.54, 1.807) is 0 Å². The number of hydrogen-bond acceptors (Lipinski definition) is 4. The first-order chi connectivity index (χ1) is 14.7. The van der Waals surface area contributed by atoms with E-state index in [0.29, 0.717) is 5.75 Å². The van der Waals surface area contributed by atoms with E-state index >= 15 is 0 Å². The number of nitrogens with zero attached hydrogens (tertiary/aromatic N) is 4. The number of hydrogen-bond donors (Lipinski definition) is 0. The zero-order chi connectivity index (χ0) is 22.7. The van der Waals surface area contributed by atoms with Gasteiger partial charge in [0.15, 0.2) is 5.16 Å². The molecule has 0 spiro atoms. The summed E-state index contributed by atoms with van der Waals surface area (Å²) in [6, 6.07) is 8.68. The van der Waals surface area contributed by atoms with Gasteiger partial charge >= 0.3 is 0 Å². The van der Waals surface area contributed by atoms with Crippen molar-refractivity contribution in [1.82, 2.24) is 19.4 Å². The number of amides is 2. The van der Waals surface area contributed by atoms with Gasteiger partial charge in [-0.1, -0.05) is 23.9 Å². The lowest BCUT2D eigenvalue weighted by Crippen LogP contribution is -2.48. The summed E-state index contributed by atoms with van der Waals surface area (Å²) in [5.41, 5.74) is 1.78. The lowest BCUT2D eigenvalue weighted by atomic mass is 9.98. The summed E-state index contributed by atoms with van der Waals surface area (Å²) >= 11 is 1.44. The van der Waals surface area contributed by atoms with Gasteiger partial charge in [0.05, 0.1) is 16.8 Å². The number of imidazole rings is 1. The SMILES string of the molecule is CC(C)N(C(=O)Cn1c(SCC(=O)N2[C@H](C)CCC[C@H]2C)nc2ccccc21)C(C)C. The smallest absolute Gasteiger partial charge is 0.243 e. The maximum atomic E-state index is 13.2. The highest BCUT2D eigenvalue weighted by molar-refractivity contribution is 7.99. The van der Waals surface area contributed by atoms with Crippen molar-refractivity contribution in [3.63, 3.8) is 0 Å². The highest BCUT2D eigenvalue weighted by Crippen LogP contribution is 2.28. The second-order valence-electron chi connectivity index (χ2n) is 9.18. The number of piperidine rings is 1. The molecule has 2 amide bonds. The minimum absolute atomic E-state index is 0.0691. The summed E-state index contributed by atoms with van der Waals surface area (Å²) in [5.74, 6) is 0.560. The Labute approximate surface area is 190 Å². The van der Waals surface area contributed by atoms with Crippen LogP contribution >= 0.6 is 11.8 Å². The fourth-order valence-corrected chi connectivity index (χ4v) is 5.70. The number of para-hydroxylation sites is 2. The topological polar surface area (TPSA) is 58.4 Å². The van der Waals surface area contributed by atoms with Gasteiger partial charge in [-0.25, -0.2) is 4.98 Å². The first-order valence-corrected chi connectivity index (χ1v) is 12.4. The number of carbonyl (C=O) groups excluding carboxylic acids is 2. The quantitative estimate of drug-likeness (QED) is 0.587. The van der Waals surface area contributed by atoms with Crippen LogP contribution < -0.4 is 0 Å². The number of rotatable bonds is 7. The van der Waals surface area contributed by atoms with Crippen molar-refractivity contribution in [3.05, 3.63) is 24.3 Å². The molecule has 0 radical (unpaired) electrons. The van der Waals surface area contributed by atoms with Gasteiger partial charge in [0.1, 0.15) is 6.54 Å². The van der Waals surface area contributed by atoms with Crippen LogP contribution in [0.2, 0.25) is 0 Å². The van der Waals surface area contributed by atoms with Crippen LogP contribution in [0.3, 0.4) is 0 Å². The maximum Gasteiger partial charge on any atom is 0.243 e. The van der Waals surface area contributed by atoms with Gasteiger partial charge in [-0.3, -0.25) is 9.59 Å².